The van der Waals surface area contributed by atoms with Gasteiger partial charge in [0.1, 0.15) is 0 Å². The summed E-state index contributed by atoms with van der Waals surface area (Å²) in [5.41, 5.74) is 9.31. The zero-order valence-corrected chi connectivity index (χ0v) is 20.9. The van der Waals surface area contributed by atoms with Gasteiger partial charge < -0.3 is 10.6 Å². The predicted octanol–water partition coefficient (Wildman–Crippen LogP) is 4.80. The number of aryl methyl sites for hydroxylation is 1. The van der Waals surface area contributed by atoms with Crippen molar-refractivity contribution in [1.82, 2.24) is 19.7 Å². The summed E-state index contributed by atoms with van der Waals surface area (Å²) in [6.45, 7) is 15.3. The fourth-order valence-electron chi connectivity index (χ4n) is 4.15. The van der Waals surface area contributed by atoms with Gasteiger partial charge in [-0.1, -0.05) is 13.8 Å². The van der Waals surface area contributed by atoms with E-state index in [0.717, 1.165) is 48.2 Å². The Balaban J connectivity index is 0.00000225. The molecule has 6 nitrogen and oxygen atoms in total. The quantitative estimate of drug-likeness (QED) is 0.717. The molecule has 0 spiro atoms. The highest BCUT2D eigenvalue weighted by Gasteiger charge is 2.33. The van der Waals surface area contributed by atoms with Crippen molar-refractivity contribution < 1.29 is 4.79 Å². The number of likely N-dealkylation sites (tertiary alicyclic amines) is 1. The van der Waals surface area contributed by atoms with Gasteiger partial charge in [-0.05, 0) is 65.9 Å². The topological polar surface area (TPSA) is 77.0 Å². The molecule has 0 radical (unpaired) electrons. The summed E-state index contributed by atoms with van der Waals surface area (Å²) < 4.78 is 1.96. The van der Waals surface area contributed by atoms with Gasteiger partial charge in [0.15, 0.2) is 5.65 Å². The van der Waals surface area contributed by atoms with Crippen LogP contribution in [0.3, 0.4) is 0 Å². The fourth-order valence-corrected chi connectivity index (χ4v) is 4.15. The summed E-state index contributed by atoms with van der Waals surface area (Å²) in [6, 6.07) is 2.03. The molecule has 2 N–H and O–H groups in total. The molecule has 0 bridgehead atoms. The van der Waals surface area contributed by atoms with E-state index in [4.69, 9.17) is 15.8 Å². The summed E-state index contributed by atoms with van der Waals surface area (Å²) in [5, 5.41) is 5.64. The maximum atomic E-state index is 13.7. The lowest BCUT2D eigenvalue weighted by Gasteiger charge is -2.38. The molecule has 1 aliphatic heterocycles. The molecule has 30 heavy (non-hydrogen) atoms. The molecular weight excluding hydrogens is 421 g/mol. The fraction of sp³-hybridized carbons (Fsp3) is 0.682. The molecule has 1 amide bonds. The van der Waals surface area contributed by atoms with Gasteiger partial charge in [0.2, 0.25) is 0 Å². The Labute approximate surface area is 192 Å². The molecule has 0 aromatic carbocycles. The van der Waals surface area contributed by atoms with E-state index < -0.39 is 0 Å². The van der Waals surface area contributed by atoms with E-state index in [1.807, 2.05) is 29.5 Å². The van der Waals surface area contributed by atoms with Gasteiger partial charge in [0.05, 0.1) is 22.2 Å². The molecule has 1 saturated heterocycles. The summed E-state index contributed by atoms with van der Waals surface area (Å²) in [4.78, 5) is 20.6. The van der Waals surface area contributed by atoms with Gasteiger partial charge in [-0.2, -0.15) is 5.10 Å². The van der Waals surface area contributed by atoms with Gasteiger partial charge in [-0.3, -0.25) is 4.79 Å². The largest absolute Gasteiger partial charge is 0.334 e. The molecule has 3 heterocycles. The summed E-state index contributed by atoms with van der Waals surface area (Å²) in [5.74, 6) is 0.290. The van der Waals surface area contributed by atoms with Crippen LogP contribution in [0.2, 0.25) is 0 Å². The second-order valence-corrected chi connectivity index (χ2v) is 9.54. The molecule has 1 aliphatic rings. The van der Waals surface area contributed by atoms with E-state index in [1.54, 1.807) is 0 Å². The second-order valence-electron chi connectivity index (χ2n) is 9.54. The number of carbonyl (C=O) groups excluding carboxylic acids is 1. The number of nitrogens with two attached hydrogens (primary N) is 1. The zero-order chi connectivity index (χ0) is 20.8. The number of nitrogens with zero attached hydrogens (tertiary/aromatic N) is 4. The Morgan fingerprint density at radius 2 is 1.83 bits per heavy atom. The highest BCUT2D eigenvalue weighted by Crippen LogP contribution is 2.31. The van der Waals surface area contributed by atoms with Crippen LogP contribution in [0.5, 0.6) is 0 Å². The van der Waals surface area contributed by atoms with Crippen molar-refractivity contribution in [3.63, 3.8) is 0 Å². The van der Waals surface area contributed by atoms with Gasteiger partial charge in [0.25, 0.3) is 5.91 Å². The minimum Gasteiger partial charge on any atom is -0.334 e. The van der Waals surface area contributed by atoms with E-state index >= 15 is 0 Å². The van der Waals surface area contributed by atoms with Crippen LogP contribution in [0.1, 0.15) is 88.5 Å². The van der Waals surface area contributed by atoms with Crippen molar-refractivity contribution in [3.8, 4) is 0 Å². The first-order valence-electron chi connectivity index (χ1n) is 10.5. The number of amides is 1. The van der Waals surface area contributed by atoms with E-state index in [-0.39, 0.29) is 54.3 Å². The first kappa shape index (κ1) is 26.7. The van der Waals surface area contributed by atoms with Crippen LogP contribution in [0.4, 0.5) is 0 Å². The number of fused-ring (bicyclic) bond motifs is 1. The number of rotatable bonds is 3. The number of hydrogen-bond acceptors (Lipinski definition) is 4. The molecule has 1 fully saturated rings. The van der Waals surface area contributed by atoms with Crippen molar-refractivity contribution in [3.05, 3.63) is 23.0 Å². The van der Waals surface area contributed by atoms with Crippen LogP contribution in [0.25, 0.3) is 11.0 Å². The zero-order valence-electron chi connectivity index (χ0n) is 19.2. The molecule has 0 aliphatic carbocycles. The van der Waals surface area contributed by atoms with Gasteiger partial charge in [0, 0.05) is 24.3 Å². The summed E-state index contributed by atoms with van der Waals surface area (Å²) in [7, 11) is 0. The minimum absolute atomic E-state index is 0. The van der Waals surface area contributed by atoms with E-state index in [2.05, 4.69) is 34.6 Å². The predicted molar refractivity (Wildman–Crippen MR) is 128 cm³/mol. The normalized spacial score (nSPS) is 18.2. The van der Waals surface area contributed by atoms with Crippen LogP contribution in [0.15, 0.2) is 6.07 Å². The molecule has 170 valence electrons. The SMILES string of the molecule is Cc1nn(C(C)(C)C)c2nc(C(C)C)cc(C(=O)N3CCCCC3C(C)N)c12.Cl.Cl. The first-order valence-corrected chi connectivity index (χ1v) is 10.5. The standard InChI is InChI=1S/C22H35N5O.2ClH/c1-13(2)17-12-16(21(28)26-11-9-8-10-18(26)14(3)23)19-15(4)25-27(20(19)24-17)22(5,6)7;;/h12-14,18H,8-11,23H2,1-7H3;2*1H. The van der Waals surface area contributed by atoms with E-state index in [1.165, 1.54) is 0 Å². The molecule has 2 aromatic heterocycles. The van der Waals surface area contributed by atoms with Crippen molar-refractivity contribution in [1.29, 1.82) is 0 Å². The second kappa shape index (κ2) is 9.84. The third kappa shape index (κ3) is 4.92. The maximum Gasteiger partial charge on any atom is 0.255 e. The van der Waals surface area contributed by atoms with Crippen molar-refractivity contribution in [2.24, 2.45) is 5.73 Å². The van der Waals surface area contributed by atoms with Gasteiger partial charge in [-0.15, -0.1) is 24.8 Å². The lowest BCUT2D eigenvalue weighted by atomic mass is 9.95. The van der Waals surface area contributed by atoms with Gasteiger partial charge >= 0.3 is 0 Å². The Hall–Kier alpha value is -1.37. The van der Waals surface area contributed by atoms with Crippen LogP contribution in [-0.4, -0.2) is 44.2 Å². The molecule has 2 atom stereocenters. The molecule has 2 unspecified atom stereocenters. The summed E-state index contributed by atoms with van der Waals surface area (Å²) in [6.07, 6.45) is 3.12. The third-order valence-corrected chi connectivity index (χ3v) is 5.71. The third-order valence-electron chi connectivity index (χ3n) is 5.71. The minimum atomic E-state index is -0.213. The van der Waals surface area contributed by atoms with Crippen molar-refractivity contribution in [2.75, 3.05) is 6.54 Å². The number of hydrogen-bond donors (Lipinski definition) is 1. The van der Waals surface area contributed by atoms with E-state index in [0.29, 0.717) is 5.56 Å². The van der Waals surface area contributed by atoms with Crippen molar-refractivity contribution >= 4 is 41.8 Å². The maximum absolute atomic E-state index is 13.7. The average molecular weight is 458 g/mol. The summed E-state index contributed by atoms with van der Waals surface area (Å²) >= 11 is 0. The van der Waals surface area contributed by atoms with Crippen LogP contribution < -0.4 is 5.73 Å². The lowest BCUT2D eigenvalue weighted by Crippen LogP contribution is -2.51. The average Bonchev–Trinajstić information content (AvgIpc) is 2.97. The van der Waals surface area contributed by atoms with Crippen LogP contribution >= 0.6 is 24.8 Å². The first-order chi connectivity index (χ1) is 13.0. The molecular formula is C22H37Cl2N5O. The number of carbonyl (C=O) groups is 1. The lowest BCUT2D eigenvalue weighted by molar-refractivity contribution is 0.0585. The van der Waals surface area contributed by atoms with Crippen LogP contribution in [0, 0.1) is 6.92 Å². The Kier molecular flexibility index (Phi) is 8.74. The molecule has 2 aromatic rings. The number of halogens is 2. The number of aromatic nitrogens is 3. The Bertz CT molecular complexity index is 886. The van der Waals surface area contributed by atoms with Crippen LogP contribution in [-0.2, 0) is 5.54 Å². The smallest absolute Gasteiger partial charge is 0.255 e. The Morgan fingerprint density at radius 1 is 1.20 bits per heavy atom. The number of piperidine rings is 1. The van der Waals surface area contributed by atoms with E-state index in [9.17, 15) is 4.79 Å². The highest BCUT2D eigenvalue weighted by atomic mass is 35.5. The highest BCUT2D eigenvalue weighted by molar-refractivity contribution is 6.06. The van der Waals surface area contributed by atoms with Gasteiger partial charge in [-0.25, -0.2) is 9.67 Å². The number of pyridine rings is 1. The molecule has 3 rings (SSSR count). The van der Waals surface area contributed by atoms with Crippen molar-refractivity contribution in [2.45, 2.75) is 91.3 Å². The Morgan fingerprint density at radius 3 is 2.37 bits per heavy atom. The molecule has 8 heteroatoms. The monoisotopic (exact) mass is 457 g/mol. The molecule has 0 saturated carbocycles.